The minimum Gasteiger partial charge on any atom is -0.309 e. The molecule has 1 aliphatic carbocycles. The molecular formula is C12H15ClN2S. The fourth-order valence-electron chi connectivity index (χ4n) is 2.10. The Labute approximate surface area is 105 Å². The molecule has 0 spiro atoms. The lowest BCUT2D eigenvalue weighted by Crippen LogP contribution is -2.28. The third kappa shape index (κ3) is 2.57. The molecule has 2 nitrogen and oxygen atoms in total. The number of rotatable bonds is 3. The first-order valence-corrected chi connectivity index (χ1v) is 6.81. The van der Waals surface area contributed by atoms with E-state index in [1.165, 1.54) is 16.9 Å². The summed E-state index contributed by atoms with van der Waals surface area (Å²) >= 11 is 7.74. The molecule has 2 atom stereocenters. The summed E-state index contributed by atoms with van der Waals surface area (Å²) in [7, 11) is 0. The minimum absolute atomic E-state index is 0.0690. The summed E-state index contributed by atoms with van der Waals surface area (Å²) < 4.78 is 0.882. The minimum atomic E-state index is 0.0690. The van der Waals surface area contributed by atoms with Crippen LogP contribution in [0.15, 0.2) is 6.07 Å². The monoisotopic (exact) mass is 254 g/mol. The molecule has 2 unspecified atom stereocenters. The van der Waals surface area contributed by atoms with Gasteiger partial charge in [0.15, 0.2) is 0 Å². The van der Waals surface area contributed by atoms with Crippen LogP contribution in [0.2, 0.25) is 4.34 Å². The highest BCUT2D eigenvalue weighted by atomic mass is 35.5. The van der Waals surface area contributed by atoms with Crippen molar-refractivity contribution in [1.82, 2.24) is 5.32 Å². The highest BCUT2D eigenvalue weighted by molar-refractivity contribution is 7.16. The van der Waals surface area contributed by atoms with Gasteiger partial charge < -0.3 is 5.32 Å². The normalized spacial score (nSPS) is 21.2. The van der Waals surface area contributed by atoms with Crippen LogP contribution in [0.3, 0.4) is 0 Å². The van der Waals surface area contributed by atoms with Gasteiger partial charge in [0, 0.05) is 17.5 Å². The van der Waals surface area contributed by atoms with E-state index in [0.29, 0.717) is 6.04 Å². The molecule has 0 saturated carbocycles. The van der Waals surface area contributed by atoms with Gasteiger partial charge in [-0.15, -0.1) is 11.3 Å². The number of fused-ring (bicyclic) bond motifs is 1. The van der Waals surface area contributed by atoms with Gasteiger partial charge in [-0.1, -0.05) is 11.6 Å². The molecule has 0 amide bonds. The van der Waals surface area contributed by atoms with E-state index in [2.05, 4.69) is 17.5 Å². The highest BCUT2D eigenvalue weighted by Crippen LogP contribution is 2.37. The predicted octanol–water partition coefficient (Wildman–Crippen LogP) is 3.53. The first kappa shape index (κ1) is 11.9. The maximum absolute atomic E-state index is 8.75. The van der Waals surface area contributed by atoms with Gasteiger partial charge in [-0.05, 0) is 37.8 Å². The van der Waals surface area contributed by atoms with E-state index >= 15 is 0 Å². The molecule has 0 aromatic carbocycles. The number of halogens is 1. The number of hydrogen-bond donors (Lipinski definition) is 1. The van der Waals surface area contributed by atoms with Crippen LogP contribution < -0.4 is 5.32 Å². The molecule has 1 N–H and O–H groups in total. The summed E-state index contributed by atoms with van der Waals surface area (Å²) in [5, 5.41) is 12.2. The Bertz CT molecular complexity index is 408. The Balaban J connectivity index is 2.04. The average Bonchev–Trinajstić information content (AvgIpc) is 2.66. The van der Waals surface area contributed by atoms with Gasteiger partial charge in [0.2, 0.25) is 0 Å². The van der Waals surface area contributed by atoms with Crippen molar-refractivity contribution >= 4 is 22.9 Å². The Morgan fingerprint density at radius 3 is 3.31 bits per heavy atom. The number of nitriles is 1. The molecule has 0 aliphatic heterocycles. The molecule has 0 radical (unpaired) electrons. The summed E-state index contributed by atoms with van der Waals surface area (Å²) in [6.07, 6.45) is 3.51. The van der Waals surface area contributed by atoms with Crippen molar-refractivity contribution in [3.8, 4) is 6.07 Å². The largest absolute Gasteiger partial charge is 0.309 e. The van der Waals surface area contributed by atoms with Gasteiger partial charge >= 0.3 is 0 Å². The van der Waals surface area contributed by atoms with Crippen LogP contribution in [0.25, 0.3) is 0 Å². The van der Waals surface area contributed by atoms with E-state index in [4.69, 9.17) is 16.9 Å². The Morgan fingerprint density at radius 1 is 1.75 bits per heavy atom. The van der Waals surface area contributed by atoms with E-state index in [-0.39, 0.29) is 5.92 Å². The van der Waals surface area contributed by atoms with Crippen molar-refractivity contribution in [1.29, 1.82) is 5.26 Å². The molecular weight excluding hydrogens is 240 g/mol. The molecule has 0 saturated heterocycles. The van der Waals surface area contributed by atoms with Gasteiger partial charge in [-0.25, -0.2) is 0 Å². The molecule has 1 heterocycles. The third-order valence-corrected chi connectivity index (χ3v) is 4.31. The number of nitrogens with zero attached hydrogens (tertiary/aromatic N) is 1. The third-order valence-electron chi connectivity index (χ3n) is 2.97. The summed E-state index contributed by atoms with van der Waals surface area (Å²) in [6.45, 7) is 2.70. The van der Waals surface area contributed by atoms with Gasteiger partial charge in [0.05, 0.1) is 16.3 Å². The van der Waals surface area contributed by atoms with Crippen molar-refractivity contribution in [3.05, 3.63) is 20.8 Å². The van der Waals surface area contributed by atoms with Crippen LogP contribution in [0.4, 0.5) is 0 Å². The lowest BCUT2D eigenvalue weighted by Gasteiger charge is -2.24. The van der Waals surface area contributed by atoms with Crippen LogP contribution in [0.5, 0.6) is 0 Å². The molecule has 16 heavy (non-hydrogen) atoms. The first-order chi connectivity index (χ1) is 7.70. The molecule has 0 fully saturated rings. The highest BCUT2D eigenvalue weighted by Gasteiger charge is 2.22. The maximum atomic E-state index is 8.75. The summed E-state index contributed by atoms with van der Waals surface area (Å²) in [6, 6.07) is 4.72. The van der Waals surface area contributed by atoms with Gasteiger partial charge in [0.1, 0.15) is 0 Å². The molecule has 1 aromatic heterocycles. The van der Waals surface area contributed by atoms with Crippen molar-refractivity contribution in [2.45, 2.75) is 32.2 Å². The lowest BCUT2D eigenvalue weighted by molar-refractivity contribution is 0.445. The zero-order valence-electron chi connectivity index (χ0n) is 9.29. The number of aryl methyl sites for hydroxylation is 1. The molecule has 86 valence electrons. The smallest absolute Gasteiger partial charge is 0.0934 e. The van der Waals surface area contributed by atoms with E-state index < -0.39 is 0 Å². The van der Waals surface area contributed by atoms with Gasteiger partial charge in [0.25, 0.3) is 0 Å². The van der Waals surface area contributed by atoms with Crippen molar-refractivity contribution in [3.63, 3.8) is 0 Å². The zero-order valence-corrected chi connectivity index (χ0v) is 10.9. The summed E-state index contributed by atoms with van der Waals surface area (Å²) in [5.41, 5.74) is 1.35. The quantitative estimate of drug-likeness (QED) is 0.896. The predicted molar refractivity (Wildman–Crippen MR) is 67.8 cm³/mol. The van der Waals surface area contributed by atoms with Gasteiger partial charge in [-0.3, -0.25) is 0 Å². The van der Waals surface area contributed by atoms with E-state index in [1.54, 1.807) is 11.3 Å². The fourth-order valence-corrected chi connectivity index (χ4v) is 3.48. The molecule has 4 heteroatoms. The second kappa shape index (κ2) is 5.18. The van der Waals surface area contributed by atoms with E-state index in [9.17, 15) is 0 Å². The van der Waals surface area contributed by atoms with Crippen molar-refractivity contribution in [2.24, 2.45) is 5.92 Å². The number of hydrogen-bond acceptors (Lipinski definition) is 3. The topological polar surface area (TPSA) is 35.8 Å². The second-order valence-corrected chi connectivity index (χ2v) is 6.08. The summed E-state index contributed by atoms with van der Waals surface area (Å²) in [5.74, 6) is 0.0690. The molecule has 1 aromatic rings. The van der Waals surface area contributed by atoms with Crippen LogP contribution in [-0.2, 0) is 6.42 Å². The second-order valence-electron chi connectivity index (χ2n) is 4.31. The van der Waals surface area contributed by atoms with Crippen LogP contribution >= 0.6 is 22.9 Å². The zero-order chi connectivity index (χ0) is 11.5. The molecule has 0 bridgehead atoms. The van der Waals surface area contributed by atoms with Crippen molar-refractivity contribution < 1.29 is 0 Å². The first-order valence-electron chi connectivity index (χ1n) is 5.62. The molecule has 2 rings (SSSR count). The van der Waals surface area contributed by atoms with Crippen LogP contribution in [0.1, 0.15) is 36.2 Å². The summed E-state index contributed by atoms with van der Waals surface area (Å²) in [4.78, 5) is 1.42. The lowest BCUT2D eigenvalue weighted by atomic mass is 9.94. The van der Waals surface area contributed by atoms with Crippen LogP contribution in [-0.4, -0.2) is 6.54 Å². The van der Waals surface area contributed by atoms with E-state index in [1.807, 2.05) is 6.92 Å². The average molecular weight is 255 g/mol. The Morgan fingerprint density at radius 2 is 2.56 bits per heavy atom. The fraction of sp³-hybridized carbons (Fsp3) is 0.583. The Hall–Kier alpha value is -0.560. The number of thiophene rings is 1. The number of nitrogens with one attached hydrogen (secondary N) is 1. The van der Waals surface area contributed by atoms with Crippen molar-refractivity contribution in [2.75, 3.05) is 6.54 Å². The molecule has 1 aliphatic rings. The maximum Gasteiger partial charge on any atom is 0.0934 e. The SMILES string of the molecule is CC(C#N)CNC1CCCc2sc(Cl)cc21. The van der Waals surface area contributed by atoms with Gasteiger partial charge in [-0.2, -0.15) is 5.26 Å². The van der Waals surface area contributed by atoms with Crippen LogP contribution in [0, 0.1) is 17.2 Å². The van der Waals surface area contributed by atoms with E-state index in [0.717, 1.165) is 23.7 Å². The Kier molecular flexibility index (Phi) is 3.86. The standard InChI is InChI=1S/C12H15ClN2S/c1-8(6-14)7-15-10-3-2-4-11-9(10)5-12(13)16-11/h5,8,10,15H,2-4,7H2,1H3.